The molecule has 1 aliphatic rings. The van der Waals surface area contributed by atoms with Crippen molar-refractivity contribution in [2.45, 2.75) is 12.6 Å². The van der Waals surface area contributed by atoms with Crippen molar-refractivity contribution in [3.05, 3.63) is 60.2 Å². The minimum Gasteiger partial charge on any atom is -0.497 e. The lowest BCUT2D eigenvalue weighted by atomic mass is 10.1. The summed E-state index contributed by atoms with van der Waals surface area (Å²) in [4.78, 5) is 2.47. The Labute approximate surface area is 120 Å². The second-order valence-electron chi connectivity index (χ2n) is 5.12. The topological polar surface area (TPSA) is 24.5 Å². The Morgan fingerprint density at radius 1 is 1.05 bits per heavy atom. The summed E-state index contributed by atoms with van der Waals surface area (Å²) in [5.41, 5.74) is 2.59. The van der Waals surface area contributed by atoms with Gasteiger partial charge >= 0.3 is 0 Å². The van der Waals surface area contributed by atoms with Crippen LogP contribution in [0.5, 0.6) is 5.75 Å². The molecule has 20 heavy (non-hydrogen) atoms. The zero-order valence-electron chi connectivity index (χ0n) is 11.8. The molecule has 0 aromatic heterocycles. The van der Waals surface area contributed by atoms with Crippen LogP contribution in [0.1, 0.15) is 5.56 Å². The van der Waals surface area contributed by atoms with Crippen LogP contribution < -0.4 is 15.0 Å². The molecule has 1 heterocycles. The van der Waals surface area contributed by atoms with Crippen molar-refractivity contribution in [2.75, 3.05) is 25.1 Å². The SMILES string of the molecule is COc1ccc(CN(c2ccccc2)C2CNC2)cc1. The molecule has 0 amide bonds. The minimum atomic E-state index is 0.583. The highest BCUT2D eigenvalue weighted by Gasteiger charge is 2.24. The number of nitrogens with zero attached hydrogens (tertiary/aromatic N) is 1. The Hall–Kier alpha value is -2.00. The van der Waals surface area contributed by atoms with Crippen LogP contribution in [0.4, 0.5) is 5.69 Å². The number of hydrogen-bond donors (Lipinski definition) is 1. The number of ether oxygens (including phenoxy) is 1. The number of para-hydroxylation sites is 1. The summed E-state index contributed by atoms with van der Waals surface area (Å²) in [6.07, 6.45) is 0. The average molecular weight is 268 g/mol. The fourth-order valence-corrected chi connectivity index (χ4v) is 2.47. The van der Waals surface area contributed by atoms with Gasteiger partial charge in [-0.25, -0.2) is 0 Å². The molecular weight excluding hydrogens is 248 g/mol. The average Bonchev–Trinajstić information content (AvgIpc) is 2.46. The number of nitrogens with one attached hydrogen (secondary N) is 1. The third-order valence-electron chi connectivity index (χ3n) is 3.80. The summed E-state index contributed by atoms with van der Waals surface area (Å²) in [6, 6.07) is 19.5. The highest BCUT2D eigenvalue weighted by atomic mass is 16.5. The molecule has 2 aromatic rings. The van der Waals surface area contributed by atoms with E-state index in [9.17, 15) is 0 Å². The predicted molar refractivity (Wildman–Crippen MR) is 82.3 cm³/mol. The first-order valence-electron chi connectivity index (χ1n) is 7.02. The number of benzene rings is 2. The van der Waals surface area contributed by atoms with Gasteiger partial charge in [-0.15, -0.1) is 0 Å². The predicted octanol–water partition coefficient (Wildman–Crippen LogP) is 2.67. The van der Waals surface area contributed by atoms with Gasteiger partial charge in [0, 0.05) is 25.3 Å². The van der Waals surface area contributed by atoms with Crippen LogP contribution in [0.2, 0.25) is 0 Å². The van der Waals surface area contributed by atoms with Crippen molar-refractivity contribution < 1.29 is 4.74 Å². The van der Waals surface area contributed by atoms with Crippen LogP contribution in [-0.2, 0) is 6.54 Å². The molecule has 0 unspecified atom stereocenters. The number of methoxy groups -OCH3 is 1. The highest BCUT2D eigenvalue weighted by Crippen LogP contribution is 2.22. The van der Waals surface area contributed by atoms with Gasteiger partial charge in [-0.3, -0.25) is 0 Å². The monoisotopic (exact) mass is 268 g/mol. The lowest BCUT2D eigenvalue weighted by Gasteiger charge is -2.40. The number of hydrogen-bond acceptors (Lipinski definition) is 3. The molecule has 1 saturated heterocycles. The van der Waals surface area contributed by atoms with Crippen molar-refractivity contribution in [3.63, 3.8) is 0 Å². The van der Waals surface area contributed by atoms with Gasteiger partial charge in [0.15, 0.2) is 0 Å². The second kappa shape index (κ2) is 5.97. The summed E-state index contributed by atoms with van der Waals surface area (Å²) in [7, 11) is 1.70. The first kappa shape index (κ1) is 13.0. The summed E-state index contributed by atoms with van der Waals surface area (Å²) in [6.45, 7) is 3.05. The number of rotatable bonds is 5. The molecule has 1 aliphatic heterocycles. The van der Waals surface area contributed by atoms with Gasteiger partial charge in [-0.05, 0) is 29.8 Å². The maximum atomic E-state index is 5.21. The molecule has 0 radical (unpaired) electrons. The van der Waals surface area contributed by atoms with Gasteiger partial charge in [0.2, 0.25) is 0 Å². The summed E-state index contributed by atoms with van der Waals surface area (Å²) < 4.78 is 5.21. The molecule has 1 N–H and O–H groups in total. The molecule has 2 aromatic carbocycles. The van der Waals surface area contributed by atoms with E-state index in [2.05, 4.69) is 52.7 Å². The Kier molecular flexibility index (Phi) is 3.88. The van der Waals surface area contributed by atoms with Crippen molar-refractivity contribution in [1.82, 2.24) is 5.32 Å². The fraction of sp³-hybridized carbons (Fsp3) is 0.294. The molecule has 0 spiro atoms. The van der Waals surface area contributed by atoms with E-state index in [4.69, 9.17) is 4.74 Å². The van der Waals surface area contributed by atoms with Gasteiger partial charge in [-0.1, -0.05) is 30.3 Å². The van der Waals surface area contributed by atoms with Crippen molar-refractivity contribution in [1.29, 1.82) is 0 Å². The molecule has 0 atom stereocenters. The minimum absolute atomic E-state index is 0.583. The Balaban J connectivity index is 1.79. The molecule has 0 bridgehead atoms. The van der Waals surface area contributed by atoms with E-state index in [-0.39, 0.29) is 0 Å². The lowest BCUT2D eigenvalue weighted by Crippen LogP contribution is -2.57. The smallest absolute Gasteiger partial charge is 0.118 e. The summed E-state index contributed by atoms with van der Waals surface area (Å²) in [5.74, 6) is 0.908. The van der Waals surface area contributed by atoms with Gasteiger partial charge in [0.05, 0.1) is 13.2 Å². The molecule has 3 nitrogen and oxygen atoms in total. The van der Waals surface area contributed by atoms with Crippen molar-refractivity contribution in [2.24, 2.45) is 0 Å². The van der Waals surface area contributed by atoms with Crippen LogP contribution in [-0.4, -0.2) is 26.2 Å². The van der Waals surface area contributed by atoms with Gasteiger partial charge in [0.1, 0.15) is 5.75 Å². The molecule has 0 saturated carbocycles. The first-order chi connectivity index (χ1) is 9.86. The fourth-order valence-electron chi connectivity index (χ4n) is 2.47. The van der Waals surface area contributed by atoms with Crippen LogP contribution >= 0.6 is 0 Å². The quantitative estimate of drug-likeness (QED) is 0.902. The number of anilines is 1. The molecule has 104 valence electrons. The molecule has 3 rings (SSSR count). The van der Waals surface area contributed by atoms with E-state index in [0.717, 1.165) is 25.4 Å². The maximum absolute atomic E-state index is 5.21. The lowest BCUT2D eigenvalue weighted by molar-refractivity contribution is 0.409. The Morgan fingerprint density at radius 2 is 1.75 bits per heavy atom. The molecular formula is C17H20N2O. The van der Waals surface area contributed by atoms with Crippen molar-refractivity contribution in [3.8, 4) is 5.75 Å². The van der Waals surface area contributed by atoms with Crippen LogP contribution in [0.3, 0.4) is 0 Å². The van der Waals surface area contributed by atoms with Gasteiger partial charge in [0.25, 0.3) is 0 Å². The van der Waals surface area contributed by atoms with Crippen LogP contribution in [0, 0.1) is 0 Å². The normalized spacial score (nSPS) is 14.7. The largest absolute Gasteiger partial charge is 0.497 e. The van der Waals surface area contributed by atoms with E-state index >= 15 is 0 Å². The van der Waals surface area contributed by atoms with Crippen LogP contribution in [0.25, 0.3) is 0 Å². The van der Waals surface area contributed by atoms with E-state index in [1.807, 2.05) is 12.1 Å². The second-order valence-corrected chi connectivity index (χ2v) is 5.12. The summed E-state index contributed by atoms with van der Waals surface area (Å²) in [5, 5.41) is 3.35. The highest BCUT2D eigenvalue weighted by molar-refractivity contribution is 5.48. The van der Waals surface area contributed by atoms with E-state index in [1.54, 1.807) is 7.11 Å². The Morgan fingerprint density at radius 3 is 2.30 bits per heavy atom. The maximum Gasteiger partial charge on any atom is 0.118 e. The molecule has 0 aliphatic carbocycles. The van der Waals surface area contributed by atoms with Gasteiger partial charge < -0.3 is 15.0 Å². The molecule has 1 fully saturated rings. The van der Waals surface area contributed by atoms with E-state index in [0.29, 0.717) is 6.04 Å². The third kappa shape index (κ3) is 2.78. The van der Waals surface area contributed by atoms with E-state index < -0.39 is 0 Å². The van der Waals surface area contributed by atoms with Crippen LogP contribution in [0.15, 0.2) is 54.6 Å². The molecule has 3 heteroatoms. The first-order valence-corrected chi connectivity index (χ1v) is 7.02. The standard InChI is InChI=1S/C17H20N2O/c1-20-17-9-7-14(8-10-17)13-19(16-11-18-12-16)15-5-3-2-4-6-15/h2-10,16,18H,11-13H2,1H3. The zero-order valence-corrected chi connectivity index (χ0v) is 11.8. The van der Waals surface area contributed by atoms with E-state index in [1.165, 1.54) is 11.3 Å². The summed E-state index contributed by atoms with van der Waals surface area (Å²) >= 11 is 0. The Bertz CT molecular complexity index is 535. The zero-order chi connectivity index (χ0) is 13.8. The van der Waals surface area contributed by atoms with Crippen molar-refractivity contribution >= 4 is 5.69 Å². The van der Waals surface area contributed by atoms with Gasteiger partial charge in [-0.2, -0.15) is 0 Å². The third-order valence-corrected chi connectivity index (χ3v) is 3.80.